The molecule has 0 heterocycles. The van der Waals surface area contributed by atoms with E-state index in [0.717, 1.165) is 6.07 Å². The lowest BCUT2D eigenvalue weighted by Gasteiger charge is -2.14. The molecule has 0 saturated carbocycles. The predicted molar refractivity (Wildman–Crippen MR) is 96.4 cm³/mol. The van der Waals surface area contributed by atoms with Gasteiger partial charge in [-0.2, -0.15) is 0 Å². The van der Waals surface area contributed by atoms with Crippen LogP contribution in [0, 0.1) is 0 Å². The van der Waals surface area contributed by atoms with E-state index in [1.165, 1.54) is 44.6 Å². The lowest BCUT2D eigenvalue weighted by atomic mass is 9.96. The smallest absolute Gasteiger partial charge is 0.339 e. The van der Waals surface area contributed by atoms with Crippen LogP contribution in [0.4, 0.5) is 0 Å². The summed E-state index contributed by atoms with van der Waals surface area (Å²) in [5, 5.41) is 10.0. The van der Waals surface area contributed by atoms with Crippen LogP contribution in [0.1, 0.15) is 50.5 Å². The van der Waals surface area contributed by atoms with Crippen LogP contribution in [0.3, 0.4) is 0 Å². The highest BCUT2D eigenvalue weighted by molar-refractivity contribution is 6.15. The van der Waals surface area contributed by atoms with E-state index in [1.54, 1.807) is 13.8 Å². The summed E-state index contributed by atoms with van der Waals surface area (Å²) in [6.45, 7) is 3.37. The van der Waals surface area contributed by atoms with Crippen LogP contribution < -0.4 is 4.74 Å². The molecule has 0 bridgehead atoms. The first-order valence-electron chi connectivity index (χ1n) is 8.13. The van der Waals surface area contributed by atoms with Crippen molar-refractivity contribution in [3.05, 3.63) is 58.7 Å². The lowest BCUT2D eigenvalue weighted by Crippen LogP contribution is -2.16. The number of carbonyl (C=O) groups is 3. The van der Waals surface area contributed by atoms with Gasteiger partial charge in [-0.1, -0.05) is 12.1 Å². The van der Waals surface area contributed by atoms with E-state index in [4.69, 9.17) is 9.47 Å². The molecule has 0 aliphatic carbocycles. The van der Waals surface area contributed by atoms with Crippen LogP contribution in [-0.2, 0) is 9.47 Å². The van der Waals surface area contributed by atoms with Gasteiger partial charge in [0.1, 0.15) is 0 Å². The summed E-state index contributed by atoms with van der Waals surface area (Å²) in [4.78, 5) is 36.8. The number of ketones is 1. The van der Waals surface area contributed by atoms with E-state index in [-0.39, 0.29) is 39.9 Å². The predicted octanol–water partition coefficient (Wildman–Crippen LogP) is 2.98. The number of phenolic OH excluding ortho intramolecular Hbond substituents is 1. The molecule has 0 amide bonds. The monoisotopic (exact) mass is 372 g/mol. The number of rotatable bonds is 6. The van der Waals surface area contributed by atoms with Gasteiger partial charge in [-0.05, 0) is 38.1 Å². The zero-order valence-corrected chi connectivity index (χ0v) is 15.4. The maximum Gasteiger partial charge on any atom is 0.339 e. The van der Waals surface area contributed by atoms with Crippen LogP contribution in [0.15, 0.2) is 36.4 Å². The highest BCUT2D eigenvalue weighted by Gasteiger charge is 2.23. The third-order valence-corrected chi connectivity index (χ3v) is 3.69. The minimum absolute atomic E-state index is 0.0274. The Morgan fingerprint density at radius 3 is 2.00 bits per heavy atom. The first-order valence-corrected chi connectivity index (χ1v) is 8.13. The maximum absolute atomic E-state index is 12.9. The molecular formula is C20H20O7. The molecule has 0 unspecified atom stereocenters. The van der Waals surface area contributed by atoms with Crippen LogP contribution in [-0.4, -0.2) is 43.2 Å². The molecule has 2 aromatic carbocycles. The van der Waals surface area contributed by atoms with E-state index in [2.05, 4.69) is 4.74 Å². The van der Waals surface area contributed by atoms with Crippen LogP contribution in [0.2, 0.25) is 0 Å². The molecule has 0 aromatic heterocycles. The summed E-state index contributed by atoms with van der Waals surface area (Å²) in [5.74, 6) is -1.99. The van der Waals surface area contributed by atoms with Crippen LogP contribution in [0.5, 0.6) is 11.5 Å². The van der Waals surface area contributed by atoms with Crippen molar-refractivity contribution in [2.24, 2.45) is 0 Å². The third-order valence-electron chi connectivity index (χ3n) is 3.69. The standard InChI is InChI=1S/C20H20O7/c1-11(2)27-20(24)15-10-17(25-3)16(21)9-14(15)18(22)12-5-7-13(8-6-12)19(23)26-4/h5-11,21H,1-4H3. The van der Waals surface area contributed by atoms with Crippen molar-refractivity contribution in [1.29, 1.82) is 0 Å². The number of phenols is 1. The first kappa shape index (κ1) is 20.0. The summed E-state index contributed by atoms with van der Waals surface area (Å²) in [6.07, 6.45) is -0.389. The van der Waals surface area contributed by atoms with Crippen molar-refractivity contribution in [3.8, 4) is 11.5 Å². The van der Waals surface area contributed by atoms with Gasteiger partial charge in [0, 0.05) is 11.1 Å². The SMILES string of the molecule is COC(=O)c1ccc(C(=O)c2cc(O)c(OC)cc2C(=O)OC(C)C)cc1. The Morgan fingerprint density at radius 2 is 1.48 bits per heavy atom. The number of carbonyl (C=O) groups excluding carboxylic acids is 3. The molecule has 27 heavy (non-hydrogen) atoms. The molecule has 0 radical (unpaired) electrons. The quantitative estimate of drug-likeness (QED) is 0.615. The van der Waals surface area contributed by atoms with Gasteiger partial charge in [0.15, 0.2) is 17.3 Å². The van der Waals surface area contributed by atoms with Crippen molar-refractivity contribution < 1.29 is 33.7 Å². The highest BCUT2D eigenvalue weighted by Crippen LogP contribution is 2.31. The van der Waals surface area contributed by atoms with Crippen molar-refractivity contribution in [2.75, 3.05) is 14.2 Å². The lowest BCUT2D eigenvalue weighted by molar-refractivity contribution is 0.0375. The summed E-state index contributed by atoms with van der Waals surface area (Å²) in [5.41, 5.74) is 0.446. The van der Waals surface area contributed by atoms with E-state index in [1.807, 2.05) is 0 Å². The van der Waals surface area contributed by atoms with Crippen molar-refractivity contribution >= 4 is 17.7 Å². The summed E-state index contributed by atoms with van der Waals surface area (Å²) in [6, 6.07) is 8.17. The molecular weight excluding hydrogens is 352 g/mol. The molecule has 142 valence electrons. The third kappa shape index (κ3) is 4.44. The molecule has 0 atom stereocenters. The average Bonchev–Trinajstić information content (AvgIpc) is 2.66. The largest absolute Gasteiger partial charge is 0.504 e. The van der Waals surface area contributed by atoms with Gasteiger partial charge < -0.3 is 19.3 Å². The zero-order chi connectivity index (χ0) is 20.1. The van der Waals surface area contributed by atoms with Gasteiger partial charge in [0.05, 0.1) is 31.5 Å². The fourth-order valence-corrected chi connectivity index (χ4v) is 2.40. The fraction of sp³-hybridized carbons (Fsp3) is 0.250. The number of benzene rings is 2. The number of aromatic hydroxyl groups is 1. The molecule has 2 aromatic rings. The number of ether oxygens (including phenoxy) is 3. The summed E-state index contributed by atoms with van der Waals surface area (Å²) >= 11 is 0. The molecule has 0 spiro atoms. The molecule has 7 heteroatoms. The number of hydrogen-bond donors (Lipinski definition) is 1. The Hall–Kier alpha value is -3.35. The second-order valence-corrected chi connectivity index (χ2v) is 5.92. The normalized spacial score (nSPS) is 10.4. The average molecular weight is 372 g/mol. The summed E-state index contributed by atoms with van der Waals surface area (Å²) in [7, 11) is 2.59. The molecule has 2 rings (SSSR count). The van der Waals surface area contributed by atoms with E-state index < -0.39 is 17.7 Å². The Kier molecular flexibility index (Phi) is 6.18. The highest BCUT2D eigenvalue weighted by atomic mass is 16.5. The number of esters is 2. The topological polar surface area (TPSA) is 99.1 Å². The van der Waals surface area contributed by atoms with Gasteiger partial charge >= 0.3 is 11.9 Å². The molecule has 0 aliphatic heterocycles. The Balaban J connectivity index is 2.49. The zero-order valence-electron chi connectivity index (χ0n) is 15.4. The first-order chi connectivity index (χ1) is 12.8. The second-order valence-electron chi connectivity index (χ2n) is 5.92. The summed E-state index contributed by atoms with van der Waals surface area (Å²) < 4.78 is 14.8. The van der Waals surface area contributed by atoms with Crippen LogP contribution in [0.25, 0.3) is 0 Å². The Morgan fingerprint density at radius 1 is 0.889 bits per heavy atom. The molecule has 0 aliphatic rings. The maximum atomic E-state index is 12.9. The van der Waals surface area contributed by atoms with E-state index in [0.29, 0.717) is 0 Å². The van der Waals surface area contributed by atoms with Gasteiger partial charge in [-0.15, -0.1) is 0 Å². The number of hydrogen-bond acceptors (Lipinski definition) is 7. The minimum atomic E-state index is -0.710. The van der Waals surface area contributed by atoms with Crippen molar-refractivity contribution in [1.82, 2.24) is 0 Å². The second kappa shape index (κ2) is 8.35. The van der Waals surface area contributed by atoms with Gasteiger partial charge in [0.2, 0.25) is 0 Å². The van der Waals surface area contributed by atoms with Gasteiger partial charge in [-0.25, -0.2) is 9.59 Å². The Labute approximate surface area is 156 Å². The van der Waals surface area contributed by atoms with E-state index >= 15 is 0 Å². The molecule has 7 nitrogen and oxygen atoms in total. The number of methoxy groups -OCH3 is 2. The van der Waals surface area contributed by atoms with Crippen LogP contribution >= 0.6 is 0 Å². The fourth-order valence-electron chi connectivity index (χ4n) is 2.40. The van der Waals surface area contributed by atoms with Gasteiger partial charge in [-0.3, -0.25) is 4.79 Å². The molecule has 0 fully saturated rings. The Bertz CT molecular complexity index is 867. The van der Waals surface area contributed by atoms with Crippen molar-refractivity contribution in [2.45, 2.75) is 20.0 Å². The van der Waals surface area contributed by atoms with Crippen molar-refractivity contribution in [3.63, 3.8) is 0 Å². The minimum Gasteiger partial charge on any atom is -0.504 e. The molecule has 1 N–H and O–H groups in total. The van der Waals surface area contributed by atoms with Gasteiger partial charge in [0.25, 0.3) is 0 Å². The molecule has 0 saturated heterocycles. The van der Waals surface area contributed by atoms with E-state index in [9.17, 15) is 19.5 Å².